The molecule has 0 aliphatic carbocycles. The lowest BCUT2D eigenvalue weighted by molar-refractivity contribution is 0.322. The molecule has 0 unspecified atom stereocenters. The molecule has 0 spiro atoms. The van der Waals surface area contributed by atoms with Crippen LogP contribution in [0.1, 0.15) is 59.8 Å². The lowest BCUT2D eigenvalue weighted by Gasteiger charge is -2.26. The van der Waals surface area contributed by atoms with Crippen LogP contribution >= 0.6 is 12.4 Å². The number of halogens is 1. The van der Waals surface area contributed by atoms with E-state index < -0.39 is 0 Å². The minimum Gasteiger partial charge on any atom is -0.375 e. The Hall–Kier alpha value is -0.170. The van der Waals surface area contributed by atoms with Crippen LogP contribution < -0.4 is 0 Å². The number of hydrogen-bond acceptors (Lipinski definition) is 1. The fraction of sp³-hybridized carbons (Fsp3) is 0.846. The zero-order valence-corrected chi connectivity index (χ0v) is 11.7. The summed E-state index contributed by atoms with van der Waals surface area (Å²) in [6.07, 6.45) is 8.67. The summed E-state index contributed by atoms with van der Waals surface area (Å²) in [6.45, 7) is 11.4. The van der Waals surface area contributed by atoms with Gasteiger partial charge < -0.3 is 4.90 Å². The van der Waals surface area contributed by atoms with Crippen LogP contribution in [0.5, 0.6) is 0 Å². The van der Waals surface area contributed by atoms with Crippen molar-refractivity contribution in [3.63, 3.8) is 0 Å². The normalized spacial score (nSPS) is 11.1. The molecule has 0 aromatic rings. The second-order valence-electron chi connectivity index (χ2n) is 3.83. The fourth-order valence-electron chi connectivity index (χ4n) is 1.71. The standard InChI is InChI=1S/C13H27N.ClH/c1-5-9-11-14(12-10-6-2)13(7-3)8-4;/h7H,5-6,8-12H2,1-4H3;1H/b13-7-;. The molecular formula is C13H28ClN. The molecule has 1 nitrogen and oxygen atoms in total. The largest absolute Gasteiger partial charge is 0.375 e. The van der Waals surface area contributed by atoms with Gasteiger partial charge in [-0.2, -0.15) is 0 Å². The number of rotatable bonds is 8. The fourth-order valence-corrected chi connectivity index (χ4v) is 1.71. The average Bonchev–Trinajstić information content (AvgIpc) is 2.22. The van der Waals surface area contributed by atoms with E-state index in [0.29, 0.717) is 0 Å². The predicted molar refractivity (Wildman–Crippen MR) is 72.7 cm³/mol. The number of allylic oxidation sites excluding steroid dienone is 2. The minimum absolute atomic E-state index is 0. The van der Waals surface area contributed by atoms with E-state index in [4.69, 9.17) is 0 Å². The van der Waals surface area contributed by atoms with Crippen molar-refractivity contribution in [3.8, 4) is 0 Å². The smallest absolute Gasteiger partial charge is 0.0174 e. The maximum absolute atomic E-state index is 2.56. The van der Waals surface area contributed by atoms with Gasteiger partial charge in [-0.1, -0.05) is 39.7 Å². The van der Waals surface area contributed by atoms with Crippen molar-refractivity contribution in [3.05, 3.63) is 11.8 Å². The maximum Gasteiger partial charge on any atom is 0.0174 e. The van der Waals surface area contributed by atoms with Crippen molar-refractivity contribution in [1.82, 2.24) is 4.90 Å². The summed E-state index contributed by atoms with van der Waals surface area (Å²) in [5.41, 5.74) is 1.52. The molecule has 0 atom stereocenters. The first kappa shape index (κ1) is 17.2. The Morgan fingerprint density at radius 2 is 1.47 bits per heavy atom. The molecule has 0 aromatic heterocycles. The average molecular weight is 234 g/mol. The molecule has 92 valence electrons. The summed E-state index contributed by atoms with van der Waals surface area (Å²) < 4.78 is 0. The third-order valence-electron chi connectivity index (χ3n) is 2.66. The molecule has 0 saturated heterocycles. The highest BCUT2D eigenvalue weighted by atomic mass is 35.5. The van der Waals surface area contributed by atoms with Crippen molar-refractivity contribution < 1.29 is 0 Å². The number of hydrogen-bond donors (Lipinski definition) is 0. The molecule has 0 aliphatic rings. The molecule has 2 heteroatoms. The quantitative estimate of drug-likeness (QED) is 0.591. The van der Waals surface area contributed by atoms with Crippen LogP contribution in [0.15, 0.2) is 11.8 Å². The van der Waals surface area contributed by atoms with Crippen LogP contribution in [0, 0.1) is 0 Å². The SMILES string of the molecule is C/C=C(/CC)N(CCCC)CCCC.Cl. The van der Waals surface area contributed by atoms with Gasteiger partial charge in [-0.25, -0.2) is 0 Å². The molecule has 0 aromatic carbocycles. The van der Waals surface area contributed by atoms with Gasteiger partial charge >= 0.3 is 0 Å². The van der Waals surface area contributed by atoms with Gasteiger partial charge in [0.25, 0.3) is 0 Å². The monoisotopic (exact) mass is 233 g/mol. The Bertz CT molecular complexity index is 147. The van der Waals surface area contributed by atoms with Gasteiger partial charge in [0.05, 0.1) is 0 Å². The molecule has 0 fully saturated rings. The molecule has 0 bridgehead atoms. The van der Waals surface area contributed by atoms with E-state index in [2.05, 4.69) is 38.7 Å². The van der Waals surface area contributed by atoms with E-state index >= 15 is 0 Å². The second-order valence-corrected chi connectivity index (χ2v) is 3.83. The summed E-state index contributed by atoms with van der Waals surface area (Å²) >= 11 is 0. The van der Waals surface area contributed by atoms with E-state index in [0.717, 1.165) is 0 Å². The third-order valence-corrected chi connectivity index (χ3v) is 2.66. The number of nitrogens with zero attached hydrogens (tertiary/aromatic N) is 1. The first-order valence-electron chi connectivity index (χ1n) is 6.20. The molecule has 0 heterocycles. The maximum atomic E-state index is 2.56. The van der Waals surface area contributed by atoms with Crippen molar-refractivity contribution in [2.45, 2.75) is 59.8 Å². The summed E-state index contributed by atoms with van der Waals surface area (Å²) in [7, 11) is 0. The third kappa shape index (κ3) is 7.72. The van der Waals surface area contributed by atoms with Crippen molar-refractivity contribution >= 4 is 12.4 Å². The summed E-state index contributed by atoms with van der Waals surface area (Å²) in [4.78, 5) is 2.56. The Morgan fingerprint density at radius 3 is 1.73 bits per heavy atom. The lowest BCUT2D eigenvalue weighted by Crippen LogP contribution is -2.25. The minimum atomic E-state index is 0. The van der Waals surface area contributed by atoms with Gasteiger partial charge in [-0.05, 0) is 26.2 Å². The second kappa shape index (κ2) is 11.9. The Morgan fingerprint density at radius 1 is 1.00 bits per heavy atom. The van der Waals surface area contributed by atoms with Gasteiger partial charge in [-0.15, -0.1) is 12.4 Å². The van der Waals surface area contributed by atoms with Crippen molar-refractivity contribution in [1.29, 1.82) is 0 Å². The Kier molecular flexibility index (Phi) is 13.7. The molecule has 0 rings (SSSR count). The highest BCUT2D eigenvalue weighted by molar-refractivity contribution is 5.85. The van der Waals surface area contributed by atoms with Crippen molar-refractivity contribution in [2.24, 2.45) is 0 Å². The van der Waals surface area contributed by atoms with Gasteiger partial charge in [0.1, 0.15) is 0 Å². The molecule has 0 N–H and O–H groups in total. The van der Waals surface area contributed by atoms with Crippen LogP contribution in [0.25, 0.3) is 0 Å². The van der Waals surface area contributed by atoms with Crippen LogP contribution in [0.2, 0.25) is 0 Å². The van der Waals surface area contributed by atoms with Gasteiger partial charge in [0, 0.05) is 18.8 Å². The van der Waals surface area contributed by atoms with E-state index in [-0.39, 0.29) is 12.4 Å². The Labute approximate surface area is 102 Å². The van der Waals surface area contributed by atoms with E-state index in [1.807, 2.05) is 0 Å². The molecule has 0 radical (unpaired) electrons. The summed E-state index contributed by atoms with van der Waals surface area (Å²) in [5, 5.41) is 0. The van der Waals surface area contributed by atoms with Gasteiger partial charge in [0.15, 0.2) is 0 Å². The summed E-state index contributed by atoms with van der Waals surface area (Å²) in [6, 6.07) is 0. The van der Waals surface area contributed by atoms with Gasteiger partial charge in [0.2, 0.25) is 0 Å². The van der Waals surface area contributed by atoms with Crippen LogP contribution in [-0.2, 0) is 0 Å². The topological polar surface area (TPSA) is 3.24 Å². The molecular weight excluding hydrogens is 206 g/mol. The molecule has 15 heavy (non-hydrogen) atoms. The first-order valence-corrected chi connectivity index (χ1v) is 6.20. The van der Waals surface area contributed by atoms with Crippen molar-refractivity contribution in [2.75, 3.05) is 13.1 Å². The van der Waals surface area contributed by atoms with Crippen LogP contribution in [-0.4, -0.2) is 18.0 Å². The van der Waals surface area contributed by atoms with E-state index in [1.54, 1.807) is 0 Å². The first-order chi connectivity index (χ1) is 6.79. The lowest BCUT2D eigenvalue weighted by atomic mass is 10.2. The highest BCUT2D eigenvalue weighted by Crippen LogP contribution is 2.11. The number of unbranched alkanes of at least 4 members (excludes halogenated alkanes) is 2. The van der Waals surface area contributed by atoms with Gasteiger partial charge in [-0.3, -0.25) is 0 Å². The zero-order valence-electron chi connectivity index (χ0n) is 10.9. The predicted octanol–water partition coefficient (Wildman–Crippen LogP) is 4.62. The molecule has 0 saturated carbocycles. The van der Waals surface area contributed by atoms with Crippen LogP contribution in [0.3, 0.4) is 0 Å². The highest BCUT2D eigenvalue weighted by Gasteiger charge is 2.05. The molecule has 0 aliphatic heterocycles. The van der Waals surface area contributed by atoms with Crippen LogP contribution in [0.4, 0.5) is 0 Å². The van der Waals surface area contributed by atoms with E-state index in [1.165, 1.54) is 50.9 Å². The van der Waals surface area contributed by atoms with E-state index in [9.17, 15) is 0 Å². The molecule has 0 amide bonds. The summed E-state index contributed by atoms with van der Waals surface area (Å²) in [5.74, 6) is 0. The Balaban J connectivity index is 0. The zero-order chi connectivity index (χ0) is 10.8.